The van der Waals surface area contributed by atoms with E-state index in [0.717, 1.165) is 5.56 Å². The first-order chi connectivity index (χ1) is 11.2. The number of fused-ring (bicyclic) bond motifs is 1. The molecule has 0 radical (unpaired) electrons. The molecule has 3 rings (SSSR count). The molecule has 0 spiro atoms. The zero-order valence-corrected chi connectivity index (χ0v) is 12.6. The van der Waals surface area contributed by atoms with Gasteiger partial charge in [-0.15, -0.1) is 0 Å². The van der Waals surface area contributed by atoms with Crippen LogP contribution in [0.3, 0.4) is 0 Å². The van der Waals surface area contributed by atoms with Gasteiger partial charge in [0, 0.05) is 24.0 Å². The fourth-order valence-corrected chi connectivity index (χ4v) is 2.95. The number of azide groups is 1. The minimum atomic E-state index is -1.38. The van der Waals surface area contributed by atoms with Crippen LogP contribution in [-0.4, -0.2) is 44.0 Å². The molecule has 23 heavy (non-hydrogen) atoms. The van der Waals surface area contributed by atoms with E-state index in [9.17, 15) is 4.79 Å². The van der Waals surface area contributed by atoms with Crippen molar-refractivity contribution in [2.45, 2.75) is 36.7 Å². The van der Waals surface area contributed by atoms with Crippen LogP contribution in [0.25, 0.3) is 10.4 Å². The number of benzene rings is 1. The largest absolute Gasteiger partial charge is 0.356 e. The van der Waals surface area contributed by atoms with Crippen molar-refractivity contribution in [1.29, 1.82) is 0 Å². The van der Waals surface area contributed by atoms with Gasteiger partial charge in [0.25, 0.3) is 0 Å². The molecular weight excluding hydrogens is 302 g/mol. The third-order valence-electron chi connectivity index (χ3n) is 4.10. The van der Waals surface area contributed by atoms with Gasteiger partial charge >= 0.3 is 0 Å². The van der Waals surface area contributed by atoms with Gasteiger partial charge in [-0.1, -0.05) is 35.4 Å². The van der Waals surface area contributed by atoms with E-state index in [1.165, 1.54) is 7.11 Å². The molecule has 8 heteroatoms. The van der Waals surface area contributed by atoms with Crippen LogP contribution in [-0.2, 0) is 23.7 Å². The van der Waals surface area contributed by atoms with Gasteiger partial charge in [0.05, 0.1) is 6.61 Å². The molecule has 1 aromatic carbocycles. The molecule has 8 nitrogen and oxygen atoms in total. The molecule has 0 aliphatic carbocycles. The molecule has 2 fully saturated rings. The van der Waals surface area contributed by atoms with E-state index in [1.54, 1.807) is 0 Å². The smallest absolute Gasteiger partial charge is 0.184 e. The first kappa shape index (κ1) is 15.9. The van der Waals surface area contributed by atoms with E-state index in [-0.39, 0.29) is 13.0 Å². The van der Waals surface area contributed by atoms with Gasteiger partial charge in [0.15, 0.2) is 12.6 Å². The zero-order chi connectivity index (χ0) is 16.3. The molecule has 0 amide bonds. The summed E-state index contributed by atoms with van der Waals surface area (Å²) in [5.74, 6) is 0. The Morgan fingerprint density at radius 2 is 2.17 bits per heavy atom. The van der Waals surface area contributed by atoms with Gasteiger partial charge in [-0.2, -0.15) is 0 Å². The van der Waals surface area contributed by atoms with Crippen molar-refractivity contribution in [3.63, 3.8) is 0 Å². The molecule has 2 heterocycles. The molecule has 0 aromatic heterocycles. The molecule has 5 atom stereocenters. The second-order valence-corrected chi connectivity index (χ2v) is 5.48. The SMILES string of the molecule is CO[C@@H]1C[C@](C=O)(N=[N+]=[N-])C2O[C@H](c3ccccc3)OCC2O1. The summed E-state index contributed by atoms with van der Waals surface area (Å²) in [6.07, 6.45) is -1.88. The third kappa shape index (κ3) is 2.95. The quantitative estimate of drug-likeness (QED) is 0.366. The highest BCUT2D eigenvalue weighted by molar-refractivity contribution is 5.66. The van der Waals surface area contributed by atoms with Crippen LogP contribution < -0.4 is 0 Å². The average molecular weight is 319 g/mol. The highest BCUT2D eigenvalue weighted by atomic mass is 16.7. The molecule has 0 bridgehead atoms. The maximum absolute atomic E-state index is 11.7. The summed E-state index contributed by atoms with van der Waals surface area (Å²) in [5, 5.41) is 3.72. The van der Waals surface area contributed by atoms with Crippen molar-refractivity contribution in [2.24, 2.45) is 5.11 Å². The Morgan fingerprint density at radius 1 is 1.39 bits per heavy atom. The Bertz CT molecular complexity index is 606. The summed E-state index contributed by atoms with van der Waals surface area (Å²) in [6, 6.07) is 9.35. The predicted octanol–water partition coefficient (Wildman–Crippen LogP) is 2.11. The summed E-state index contributed by atoms with van der Waals surface area (Å²) >= 11 is 0. The molecule has 1 aromatic rings. The lowest BCUT2D eigenvalue weighted by Gasteiger charge is -2.48. The number of methoxy groups -OCH3 is 1. The number of hydrogen-bond donors (Lipinski definition) is 0. The minimum Gasteiger partial charge on any atom is -0.356 e. The first-order valence-corrected chi connectivity index (χ1v) is 7.25. The fraction of sp³-hybridized carbons (Fsp3) is 0.533. The van der Waals surface area contributed by atoms with Gasteiger partial charge in [-0.05, 0) is 5.53 Å². The summed E-state index contributed by atoms with van der Waals surface area (Å²) in [6.45, 7) is 0.209. The normalized spacial score (nSPS) is 36.6. The lowest BCUT2D eigenvalue weighted by atomic mass is 9.84. The van der Waals surface area contributed by atoms with Crippen LogP contribution in [0.4, 0.5) is 0 Å². The van der Waals surface area contributed by atoms with Crippen molar-refractivity contribution in [3.05, 3.63) is 46.3 Å². The number of carbonyl (C=O) groups excluding carboxylic acids is 1. The summed E-state index contributed by atoms with van der Waals surface area (Å²) in [7, 11) is 1.47. The highest BCUT2D eigenvalue weighted by Crippen LogP contribution is 2.40. The van der Waals surface area contributed by atoms with Crippen LogP contribution in [0.15, 0.2) is 35.4 Å². The summed E-state index contributed by atoms with van der Waals surface area (Å²) < 4.78 is 22.5. The standard InChI is InChI=1S/C15H17N3O5/c1-20-12-7-15(9-19,17-18-16)13-11(22-12)8-21-14(23-13)10-5-3-2-4-6-10/h2-6,9,11-14H,7-8H2,1H3/t11?,12-,13?,14+,15+/m0/s1. The van der Waals surface area contributed by atoms with Crippen LogP contribution >= 0.6 is 0 Å². The van der Waals surface area contributed by atoms with E-state index in [1.807, 2.05) is 30.3 Å². The number of nitrogens with zero attached hydrogens (tertiary/aromatic N) is 3. The van der Waals surface area contributed by atoms with Gasteiger partial charge in [0.2, 0.25) is 0 Å². The van der Waals surface area contributed by atoms with E-state index >= 15 is 0 Å². The monoisotopic (exact) mass is 319 g/mol. The molecule has 2 aliphatic rings. The molecule has 0 saturated carbocycles. The number of hydrogen-bond acceptors (Lipinski definition) is 6. The van der Waals surface area contributed by atoms with Crippen LogP contribution in [0, 0.1) is 0 Å². The van der Waals surface area contributed by atoms with E-state index < -0.39 is 30.3 Å². The Balaban J connectivity index is 1.90. The van der Waals surface area contributed by atoms with Gasteiger partial charge in [-0.25, -0.2) is 0 Å². The topological polar surface area (TPSA) is 103 Å². The van der Waals surface area contributed by atoms with Gasteiger partial charge < -0.3 is 23.7 Å². The summed E-state index contributed by atoms with van der Waals surface area (Å²) in [4.78, 5) is 14.6. The van der Waals surface area contributed by atoms with Gasteiger partial charge in [-0.3, -0.25) is 0 Å². The van der Waals surface area contributed by atoms with Crippen LogP contribution in [0.1, 0.15) is 18.3 Å². The third-order valence-corrected chi connectivity index (χ3v) is 4.10. The van der Waals surface area contributed by atoms with Gasteiger partial charge in [0.1, 0.15) is 24.0 Å². The van der Waals surface area contributed by atoms with Crippen molar-refractivity contribution in [3.8, 4) is 0 Å². The van der Waals surface area contributed by atoms with Crippen molar-refractivity contribution >= 4 is 6.29 Å². The second kappa shape index (κ2) is 6.66. The lowest BCUT2D eigenvalue weighted by Crippen LogP contribution is -2.62. The molecule has 122 valence electrons. The maximum Gasteiger partial charge on any atom is 0.184 e. The lowest BCUT2D eigenvalue weighted by molar-refractivity contribution is -0.325. The zero-order valence-electron chi connectivity index (χ0n) is 12.6. The Hall–Kier alpha value is -1.96. The predicted molar refractivity (Wildman–Crippen MR) is 78.2 cm³/mol. The molecule has 2 aliphatic heterocycles. The number of aldehydes is 1. The maximum atomic E-state index is 11.7. The minimum absolute atomic E-state index is 0.0970. The number of carbonyl (C=O) groups is 1. The molecule has 0 N–H and O–H groups in total. The van der Waals surface area contributed by atoms with Crippen LogP contribution in [0.2, 0.25) is 0 Å². The van der Waals surface area contributed by atoms with E-state index in [0.29, 0.717) is 6.29 Å². The average Bonchev–Trinajstić information content (AvgIpc) is 2.62. The van der Waals surface area contributed by atoms with Crippen LogP contribution in [0.5, 0.6) is 0 Å². The van der Waals surface area contributed by atoms with E-state index in [2.05, 4.69) is 10.0 Å². The van der Waals surface area contributed by atoms with E-state index in [4.69, 9.17) is 24.5 Å². The van der Waals surface area contributed by atoms with Crippen molar-refractivity contribution in [2.75, 3.05) is 13.7 Å². The van der Waals surface area contributed by atoms with Crippen molar-refractivity contribution < 1.29 is 23.7 Å². The van der Waals surface area contributed by atoms with Crippen molar-refractivity contribution in [1.82, 2.24) is 0 Å². The Labute approximate surface area is 132 Å². The Morgan fingerprint density at radius 3 is 2.83 bits per heavy atom. The second-order valence-electron chi connectivity index (χ2n) is 5.48. The first-order valence-electron chi connectivity index (χ1n) is 7.25. The number of ether oxygens (including phenoxy) is 4. The molecule has 2 unspecified atom stereocenters. The highest BCUT2D eigenvalue weighted by Gasteiger charge is 2.54. The fourth-order valence-electron chi connectivity index (χ4n) is 2.95. The molecular formula is C15H17N3O5. The summed E-state index contributed by atoms with van der Waals surface area (Å²) in [5.41, 5.74) is 8.32. The number of rotatable bonds is 4. The Kier molecular flexibility index (Phi) is 4.61. The molecule has 2 saturated heterocycles.